The molecule has 1 aromatic heterocycles. The summed E-state index contributed by atoms with van der Waals surface area (Å²) in [5, 5.41) is 0. The number of rotatable bonds is 4. The predicted molar refractivity (Wildman–Crippen MR) is 72.2 cm³/mol. The predicted octanol–water partition coefficient (Wildman–Crippen LogP) is 2.65. The van der Waals surface area contributed by atoms with E-state index in [0.29, 0.717) is 6.54 Å². The van der Waals surface area contributed by atoms with Gasteiger partial charge in [-0.3, -0.25) is 0 Å². The number of nitrogens with zero attached hydrogens (tertiary/aromatic N) is 1. The molecule has 0 aliphatic rings. The molecule has 0 amide bonds. The maximum absolute atomic E-state index is 5.55. The summed E-state index contributed by atoms with van der Waals surface area (Å²) in [6, 6.07) is 8.80. The molecule has 0 saturated heterocycles. The Morgan fingerprint density at radius 1 is 1.06 bits per heavy atom. The van der Waals surface area contributed by atoms with Crippen LogP contribution in [0.3, 0.4) is 0 Å². The SMILES string of the molecule is Cc1ccc(Cn2ccc(CCN)c2)cc1C. The van der Waals surface area contributed by atoms with Crippen LogP contribution in [0, 0.1) is 13.8 Å². The van der Waals surface area contributed by atoms with Crippen molar-refractivity contribution in [2.45, 2.75) is 26.8 Å². The first-order valence-electron chi connectivity index (χ1n) is 6.10. The smallest absolute Gasteiger partial charge is 0.0470 e. The molecule has 17 heavy (non-hydrogen) atoms. The summed E-state index contributed by atoms with van der Waals surface area (Å²) in [7, 11) is 0. The molecule has 0 saturated carbocycles. The van der Waals surface area contributed by atoms with Crippen LogP contribution in [-0.4, -0.2) is 11.1 Å². The summed E-state index contributed by atoms with van der Waals surface area (Å²) < 4.78 is 2.22. The minimum Gasteiger partial charge on any atom is -0.350 e. The third kappa shape index (κ3) is 2.98. The molecule has 0 fully saturated rings. The highest BCUT2D eigenvalue weighted by Crippen LogP contribution is 2.12. The second-order valence-corrected chi connectivity index (χ2v) is 4.65. The van der Waals surface area contributed by atoms with Crippen molar-refractivity contribution in [3.05, 3.63) is 58.9 Å². The van der Waals surface area contributed by atoms with E-state index in [1.54, 1.807) is 0 Å². The van der Waals surface area contributed by atoms with Gasteiger partial charge in [-0.1, -0.05) is 18.2 Å². The second-order valence-electron chi connectivity index (χ2n) is 4.65. The molecule has 1 heterocycles. The average molecular weight is 228 g/mol. The molecule has 90 valence electrons. The van der Waals surface area contributed by atoms with Gasteiger partial charge in [-0.05, 0) is 55.1 Å². The van der Waals surface area contributed by atoms with E-state index in [4.69, 9.17) is 5.73 Å². The van der Waals surface area contributed by atoms with E-state index in [9.17, 15) is 0 Å². The van der Waals surface area contributed by atoms with E-state index < -0.39 is 0 Å². The monoisotopic (exact) mass is 228 g/mol. The van der Waals surface area contributed by atoms with Gasteiger partial charge in [0.2, 0.25) is 0 Å². The van der Waals surface area contributed by atoms with Gasteiger partial charge in [0.15, 0.2) is 0 Å². The Morgan fingerprint density at radius 2 is 1.88 bits per heavy atom. The summed E-state index contributed by atoms with van der Waals surface area (Å²) >= 11 is 0. The Hall–Kier alpha value is -1.54. The summed E-state index contributed by atoms with van der Waals surface area (Å²) in [6.07, 6.45) is 5.27. The molecule has 2 aromatic rings. The lowest BCUT2D eigenvalue weighted by Gasteiger charge is -2.06. The lowest BCUT2D eigenvalue weighted by atomic mass is 10.1. The van der Waals surface area contributed by atoms with Gasteiger partial charge in [0.1, 0.15) is 0 Å². The van der Waals surface area contributed by atoms with Gasteiger partial charge in [0.25, 0.3) is 0 Å². The third-order valence-electron chi connectivity index (χ3n) is 3.18. The van der Waals surface area contributed by atoms with Gasteiger partial charge < -0.3 is 10.3 Å². The van der Waals surface area contributed by atoms with E-state index in [-0.39, 0.29) is 0 Å². The van der Waals surface area contributed by atoms with Gasteiger partial charge in [0.05, 0.1) is 0 Å². The van der Waals surface area contributed by atoms with Gasteiger partial charge in [0, 0.05) is 18.9 Å². The maximum Gasteiger partial charge on any atom is 0.0470 e. The molecule has 0 atom stereocenters. The van der Waals surface area contributed by atoms with Crippen LogP contribution in [0.15, 0.2) is 36.7 Å². The van der Waals surface area contributed by atoms with Crippen LogP contribution < -0.4 is 5.73 Å². The van der Waals surface area contributed by atoms with Gasteiger partial charge in [-0.15, -0.1) is 0 Å². The van der Waals surface area contributed by atoms with Crippen LogP contribution in [0.25, 0.3) is 0 Å². The molecule has 0 aliphatic heterocycles. The summed E-state index contributed by atoms with van der Waals surface area (Å²) in [5.74, 6) is 0. The van der Waals surface area contributed by atoms with E-state index in [2.05, 4.69) is 55.1 Å². The van der Waals surface area contributed by atoms with E-state index in [1.807, 2.05) is 0 Å². The van der Waals surface area contributed by atoms with Crippen molar-refractivity contribution in [1.82, 2.24) is 4.57 Å². The van der Waals surface area contributed by atoms with Gasteiger partial charge in [-0.25, -0.2) is 0 Å². The standard InChI is InChI=1S/C15H20N2/c1-12-3-4-15(9-13(12)2)11-17-8-6-14(10-17)5-7-16/h3-4,6,8-10H,5,7,11,16H2,1-2H3. The molecule has 0 unspecified atom stereocenters. The van der Waals surface area contributed by atoms with E-state index in [1.165, 1.54) is 22.3 Å². The third-order valence-corrected chi connectivity index (χ3v) is 3.18. The van der Waals surface area contributed by atoms with Crippen LogP contribution in [-0.2, 0) is 13.0 Å². The van der Waals surface area contributed by atoms with Crippen molar-refractivity contribution in [1.29, 1.82) is 0 Å². The highest BCUT2D eigenvalue weighted by Gasteiger charge is 1.99. The minimum atomic E-state index is 0.716. The van der Waals surface area contributed by atoms with Crippen molar-refractivity contribution in [3.63, 3.8) is 0 Å². The molecule has 2 rings (SSSR count). The summed E-state index contributed by atoms with van der Waals surface area (Å²) in [5.41, 5.74) is 10.9. The Balaban J connectivity index is 2.11. The van der Waals surface area contributed by atoms with Gasteiger partial charge >= 0.3 is 0 Å². The zero-order valence-electron chi connectivity index (χ0n) is 10.6. The molecular formula is C15H20N2. The lowest BCUT2D eigenvalue weighted by Crippen LogP contribution is -2.02. The fourth-order valence-electron chi connectivity index (χ4n) is 2.02. The van der Waals surface area contributed by atoms with Crippen LogP contribution >= 0.6 is 0 Å². The molecule has 2 nitrogen and oxygen atoms in total. The maximum atomic E-state index is 5.55. The number of hydrogen-bond acceptors (Lipinski definition) is 1. The Kier molecular flexibility index (Phi) is 3.64. The van der Waals surface area contributed by atoms with Crippen LogP contribution in [0.4, 0.5) is 0 Å². The van der Waals surface area contributed by atoms with Crippen molar-refractivity contribution in [3.8, 4) is 0 Å². The first-order valence-corrected chi connectivity index (χ1v) is 6.10. The zero-order chi connectivity index (χ0) is 12.3. The number of nitrogens with two attached hydrogens (primary N) is 1. The first-order chi connectivity index (χ1) is 8.19. The van der Waals surface area contributed by atoms with Crippen LogP contribution in [0.1, 0.15) is 22.3 Å². The Morgan fingerprint density at radius 3 is 2.59 bits per heavy atom. The van der Waals surface area contributed by atoms with Gasteiger partial charge in [-0.2, -0.15) is 0 Å². The Bertz CT molecular complexity index is 497. The van der Waals surface area contributed by atoms with E-state index >= 15 is 0 Å². The fourth-order valence-corrected chi connectivity index (χ4v) is 2.02. The second kappa shape index (κ2) is 5.19. The number of benzene rings is 1. The van der Waals surface area contributed by atoms with Crippen molar-refractivity contribution < 1.29 is 0 Å². The van der Waals surface area contributed by atoms with Crippen LogP contribution in [0.5, 0.6) is 0 Å². The fraction of sp³-hybridized carbons (Fsp3) is 0.333. The quantitative estimate of drug-likeness (QED) is 0.857. The normalized spacial score (nSPS) is 10.8. The average Bonchev–Trinajstić information content (AvgIpc) is 2.72. The van der Waals surface area contributed by atoms with Crippen molar-refractivity contribution in [2.75, 3.05) is 6.54 Å². The van der Waals surface area contributed by atoms with Crippen molar-refractivity contribution >= 4 is 0 Å². The molecule has 0 spiro atoms. The molecule has 1 aromatic carbocycles. The Labute approximate surface area is 103 Å². The summed E-state index contributed by atoms with van der Waals surface area (Å²) in [4.78, 5) is 0. The highest BCUT2D eigenvalue weighted by molar-refractivity contribution is 5.30. The number of hydrogen-bond donors (Lipinski definition) is 1. The lowest BCUT2D eigenvalue weighted by molar-refractivity contribution is 0.799. The molecule has 0 radical (unpaired) electrons. The minimum absolute atomic E-state index is 0.716. The van der Waals surface area contributed by atoms with Crippen LogP contribution in [0.2, 0.25) is 0 Å². The van der Waals surface area contributed by atoms with Crippen molar-refractivity contribution in [2.24, 2.45) is 5.73 Å². The topological polar surface area (TPSA) is 30.9 Å². The highest BCUT2D eigenvalue weighted by atomic mass is 14.9. The molecule has 0 bridgehead atoms. The molecule has 2 N–H and O–H groups in total. The first kappa shape index (κ1) is 11.9. The number of aromatic nitrogens is 1. The zero-order valence-corrected chi connectivity index (χ0v) is 10.6. The molecule has 2 heteroatoms. The number of aryl methyl sites for hydroxylation is 2. The summed E-state index contributed by atoms with van der Waals surface area (Å²) in [6.45, 7) is 5.96. The molecule has 0 aliphatic carbocycles. The molecular weight excluding hydrogens is 208 g/mol. The largest absolute Gasteiger partial charge is 0.350 e. The van der Waals surface area contributed by atoms with E-state index in [0.717, 1.165) is 13.0 Å².